The lowest BCUT2D eigenvalue weighted by atomic mass is 9.98. The molecule has 3 aliphatic rings. The summed E-state index contributed by atoms with van der Waals surface area (Å²) in [6, 6.07) is 14.4. The number of nitrogens with zero attached hydrogens (tertiary/aromatic N) is 3. The second kappa shape index (κ2) is 10.4. The number of piperidine rings is 1. The van der Waals surface area contributed by atoms with Gasteiger partial charge in [-0.1, -0.05) is 23.9 Å². The van der Waals surface area contributed by atoms with Crippen LogP contribution in [0.25, 0.3) is 0 Å². The fourth-order valence-electron chi connectivity index (χ4n) is 5.47. The highest BCUT2D eigenvalue weighted by molar-refractivity contribution is 8.01. The van der Waals surface area contributed by atoms with Crippen molar-refractivity contribution in [2.24, 2.45) is 0 Å². The summed E-state index contributed by atoms with van der Waals surface area (Å²) in [5.74, 6) is 1.84. The quantitative estimate of drug-likeness (QED) is 0.460. The van der Waals surface area contributed by atoms with Crippen LogP contribution in [-0.2, 0) is 4.79 Å². The van der Waals surface area contributed by atoms with Crippen LogP contribution >= 0.6 is 11.8 Å². The molecule has 0 saturated carbocycles. The van der Waals surface area contributed by atoms with Crippen molar-refractivity contribution in [1.29, 1.82) is 0 Å². The highest BCUT2D eigenvalue weighted by atomic mass is 32.2. The Labute approximate surface area is 231 Å². The van der Waals surface area contributed by atoms with Gasteiger partial charge in [-0.2, -0.15) is 0 Å². The summed E-state index contributed by atoms with van der Waals surface area (Å²) >= 11 is 1.42. The zero-order chi connectivity index (χ0) is 27.1. The number of amides is 3. The Morgan fingerprint density at radius 2 is 1.87 bits per heavy atom. The first kappa shape index (κ1) is 25.5. The van der Waals surface area contributed by atoms with Crippen LogP contribution < -0.4 is 25.0 Å². The van der Waals surface area contributed by atoms with Gasteiger partial charge in [-0.05, 0) is 81.9 Å². The minimum atomic E-state index is -0.461. The Morgan fingerprint density at radius 3 is 2.62 bits per heavy atom. The van der Waals surface area contributed by atoms with E-state index in [0.717, 1.165) is 53.5 Å². The van der Waals surface area contributed by atoms with E-state index in [1.54, 1.807) is 18.2 Å². The molecule has 6 rings (SSSR count). The van der Waals surface area contributed by atoms with Gasteiger partial charge in [-0.25, -0.2) is 9.78 Å². The molecule has 3 amide bonds. The number of rotatable bonds is 6. The Hall–Kier alpha value is -3.76. The van der Waals surface area contributed by atoms with E-state index in [1.807, 2.05) is 55.5 Å². The fraction of sp³-hybridized carbons (Fsp3) is 0.345. The van der Waals surface area contributed by atoms with Gasteiger partial charge in [0.1, 0.15) is 16.0 Å². The van der Waals surface area contributed by atoms with Crippen LogP contribution in [0.15, 0.2) is 59.8 Å². The number of benzene rings is 2. The molecule has 0 aliphatic carbocycles. The number of hydrogen-bond acceptors (Lipinski definition) is 7. The Balaban J connectivity index is 1.25. The Kier molecular flexibility index (Phi) is 6.82. The predicted molar refractivity (Wildman–Crippen MR) is 150 cm³/mol. The van der Waals surface area contributed by atoms with E-state index < -0.39 is 11.3 Å². The molecule has 1 saturated heterocycles. The maximum absolute atomic E-state index is 13.6. The number of anilines is 2. The highest BCUT2D eigenvalue weighted by Gasteiger charge is 2.47. The number of para-hydroxylation sites is 2. The van der Waals surface area contributed by atoms with Crippen LogP contribution in [0.3, 0.4) is 0 Å². The molecule has 0 spiro atoms. The molecule has 3 aromatic rings. The van der Waals surface area contributed by atoms with Crippen molar-refractivity contribution >= 4 is 35.1 Å². The first-order valence-corrected chi connectivity index (χ1v) is 14.0. The average molecular weight is 546 g/mol. The number of ether oxygens (including phenoxy) is 2. The molecule has 0 bridgehead atoms. The summed E-state index contributed by atoms with van der Waals surface area (Å²) in [6.45, 7) is 3.87. The Bertz CT molecular complexity index is 1420. The highest BCUT2D eigenvalue weighted by Crippen LogP contribution is 2.51. The third-order valence-corrected chi connectivity index (χ3v) is 8.82. The van der Waals surface area contributed by atoms with Crippen molar-refractivity contribution in [2.45, 2.75) is 42.1 Å². The van der Waals surface area contributed by atoms with Crippen molar-refractivity contribution in [3.8, 4) is 17.2 Å². The van der Waals surface area contributed by atoms with E-state index in [-0.39, 0.29) is 18.0 Å². The van der Waals surface area contributed by atoms with E-state index in [4.69, 9.17) is 9.47 Å². The minimum absolute atomic E-state index is 0.0497. The number of hydrogen-bond donors (Lipinski definition) is 2. The van der Waals surface area contributed by atoms with Crippen LogP contribution in [0, 0.1) is 6.92 Å². The number of aryl methyl sites for hydroxylation is 1. The van der Waals surface area contributed by atoms with Crippen molar-refractivity contribution in [3.05, 3.63) is 65.9 Å². The molecule has 3 aliphatic heterocycles. The van der Waals surface area contributed by atoms with Crippen molar-refractivity contribution in [3.63, 3.8) is 0 Å². The summed E-state index contributed by atoms with van der Waals surface area (Å²) in [7, 11) is 3.70. The van der Waals surface area contributed by atoms with E-state index >= 15 is 0 Å². The van der Waals surface area contributed by atoms with E-state index in [0.29, 0.717) is 17.2 Å². The van der Waals surface area contributed by atoms with Crippen LogP contribution in [-0.4, -0.2) is 60.4 Å². The van der Waals surface area contributed by atoms with Gasteiger partial charge in [-0.15, -0.1) is 0 Å². The number of carbonyl (C=O) groups excluding carboxylic acids is 2. The SMILES string of the molecule is COc1ccccc1Oc1ccc(N2C(=O)NC3c4c2ccnc4SC3C(=O)NC2CCN(C)CC2)c(C)c1. The first-order chi connectivity index (χ1) is 18.9. The number of aromatic nitrogens is 1. The maximum Gasteiger partial charge on any atom is 0.327 e. The van der Waals surface area contributed by atoms with Crippen LogP contribution in [0.1, 0.15) is 30.0 Å². The van der Waals surface area contributed by atoms with Gasteiger partial charge >= 0.3 is 6.03 Å². The zero-order valence-corrected chi connectivity index (χ0v) is 23.0. The number of thioether (sulfide) groups is 1. The molecule has 2 aromatic carbocycles. The van der Waals surface area contributed by atoms with Crippen LogP contribution in [0.4, 0.5) is 16.2 Å². The normalized spacial score (nSPS) is 20.8. The van der Waals surface area contributed by atoms with E-state index in [1.165, 1.54) is 11.8 Å². The summed E-state index contributed by atoms with van der Waals surface area (Å²) in [5.41, 5.74) is 3.23. The number of urea groups is 1. The van der Waals surface area contributed by atoms with Gasteiger partial charge in [0.25, 0.3) is 0 Å². The van der Waals surface area contributed by atoms with Crippen LogP contribution in [0.5, 0.6) is 17.2 Å². The molecule has 0 radical (unpaired) electrons. The molecular weight excluding hydrogens is 514 g/mol. The lowest BCUT2D eigenvalue weighted by molar-refractivity contribution is -0.122. The topological polar surface area (TPSA) is 96.0 Å². The molecular formula is C29H31N5O4S. The largest absolute Gasteiger partial charge is 0.493 e. The van der Waals surface area contributed by atoms with Gasteiger partial charge in [0, 0.05) is 17.8 Å². The average Bonchev–Trinajstić information content (AvgIpc) is 3.31. The van der Waals surface area contributed by atoms with Crippen molar-refractivity contribution < 1.29 is 19.1 Å². The fourth-order valence-corrected chi connectivity index (χ4v) is 6.71. The smallest absolute Gasteiger partial charge is 0.327 e. The molecule has 1 fully saturated rings. The molecule has 39 heavy (non-hydrogen) atoms. The van der Waals surface area contributed by atoms with E-state index in [2.05, 4.69) is 27.6 Å². The number of carbonyl (C=O) groups is 2. The summed E-state index contributed by atoms with van der Waals surface area (Å²) in [4.78, 5) is 35.4. The zero-order valence-electron chi connectivity index (χ0n) is 22.1. The van der Waals surface area contributed by atoms with Gasteiger partial charge < -0.3 is 25.0 Å². The first-order valence-electron chi connectivity index (χ1n) is 13.1. The molecule has 10 heteroatoms. The molecule has 1 aromatic heterocycles. The van der Waals surface area contributed by atoms with Crippen molar-refractivity contribution in [1.82, 2.24) is 20.5 Å². The standard InChI is InChI=1S/C29H31N5O4S/c1-17-16-19(38-23-7-5-4-6-22(23)37-3)8-9-20(17)34-21-10-13-30-28-24(21)25(32-29(34)36)26(39-28)27(35)31-18-11-14-33(2)15-12-18/h4-10,13,16,18,25-26H,11-12,14-15H2,1-3H3,(H,31,35)(H,32,36). The predicted octanol–water partition coefficient (Wildman–Crippen LogP) is 4.78. The summed E-state index contributed by atoms with van der Waals surface area (Å²) in [5, 5.41) is 6.64. The lowest BCUT2D eigenvalue weighted by Crippen LogP contribution is -2.51. The third-order valence-electron chi connectivity index (χ3n) is 7.54. The molecule has 9 nitrogen and oxygen atoms in total. The monoisotopic (exact) mass is 545 g/mol. The molecule has 4 heterocycles. The van der Waals surface area contributed by atoms with Gasteiger partial charge in [0.15, 0.2) is 11.5 Å². The summed E-state index contributed by atoms with van der Waals surface area (Å²) < 4.78 is 11.5. The maximum atomic E-state index is 13.6. The molecule has 2 atom stereocenters. The van der Waals surface area contributed by atoms with Gasteiger partial charge in [0.2, 0.25) is 5.91 Å². The number of likely N-dealkylation sites (tertiary alicyclic amines) is 1. The summed E-state index contributed by atoms with van der Waals surface area (Å²) in [6.07, 6.45) is 3.56. The third kappa shape index (κ3) is 4.79. The molecule has 2 unspecified atom stereocenters. The van der Waals surface area contributed by atoms with Gasteiger partial charge in [0.05, 0.1) is 24.5 Å². The van der Waals surface area contributed by atoms with E-state index in [9.17, 15) is 9.59 Å². The second-order valence-corrected chi connectivity index (χ2v) is 11.3. The van der Waals surface area contributed by atoms with Crippen LogP contribution in [0.2, 0.25) is 0 Å². The minimum Gasteiger partial charge on any atom is -0.493 e. The number of methoxy groups -OCH3 is 1. The number of pyridine rings is 1. The van der Waals surface area contributed by atoms with Gasteiger partial charge in [-0.3, -0.25) is 9.69 Å². The number of nitrogens with one attached hydrogen (secondary N) is 2. The Morgan fingerprint density at radius 1 is 1.10 bits per heavy atom. The lowest BCUT2D eigenvalue weighted by Gasteiger charge is -2.35. The molecule has 202 valence electrons. The molecule has 2 N–H and O–H groups in total. The van der Waals surface area contributed by atoms with Crippen molar-refractivity contribution in [2.75, 3.05) is 32.1 Å². The second-order valence-electron chi connectivity index (χ2n) is 10.1.